The van der Waals surface area contributed by atoms with Crippen molar-refractivity contribution in [3.8, 4) is 11.1 Å². The lowest BCUT2D eigenvalue weighted by atomic mass is 9.95. The number of alkyl halides is 2. The van der Waals surface area contributed by atoms with E-state index < -0.39 is 41.8 Å². The maximum atomic E-state index is 13.0. The molecule has 0 atom stereocenters. The Morgan fingerprint density at radius 3 is 1.98 bits per heavy atom. The van der Waals surface area contributed by atoms with E-state index in [1.54, 1.807) is 24.3 Å². The monoisotopic (exact) mass is 877 g/mol. The van der Waals surface area contributed by atoms with Gasteiger partial charge in [-0.15, -0.1) is 10.2 Å². The van der Waals surface area contributed by atoms with Gasteiger partial charge in [0.1, 0.15) is 21.2 Å². The molecule has 4 aromatic rings. The molecule has 4 N–H and O–H groups in total. The highest BCUT2D eigenvalue weighted by Gasteiger charge is 2.27. The number of carbonyl (C=O) groups excluding carboxylic acids is 2. The quantitative estimate of drug-likeness (QED) is 0.0619. The summed E-state index contributed by atoms with van der Waals surface area (Å²) in [5.74, 6) is -0.855. The molecule has 236 valence electrons. The van der Waals surface area contributed by atoms with E-state index in [0.29, 0.717) is 10.9 Å². The average Bonchev–Trinajstić information content (AvgIpc) is 2.98. The van der Waals surface area contributed by atoms with E-state index in [4.69, 9.17) is 0 Å². The highest BCUT2D eigenvalue weighted by atomic mass is 127. The number of hydrogen-bond donors (Lipinski definition) is 4. The molecule has 0 aliphatic carbocycles. The number of hydrogen-bond acceptors (Lipinski definition) is 9. The zero-order chi connectivity index (χ0) is 33.1. The van der Waals surface area contributed by atoms with E-state index in [0.717, 1.165) is 23.2 Å². The van der Waals surface area contributed by atoms with E-state index >= 15 is 0 Å². The number of nitrogens with one attached hydrogen (secondary N) is 2. The Balaban J connectivity index is 2.02. The lowest BCUT2D eigenvalue weighted by Crippen LogP contribution is -2.15. The van der Waals surface area contributed by atoms with E-state index in [9.17, 15) is 35.5 Å². The fraction of sp³-hybridized carbons (Fsp3) is 0.143. The van der Waals surface area contributed by atoms with Gasteiger partial charge >= 0.3 is 0 Å². The molecule has 0 spiro atoms. The van der Waals surface area contributed by atoms with Crippen molar-refractivity contribution < 1.29 is 35.5 Å². The largest absolute Gasteiger partial charge is 0.377 e. The van der Waals surface area contributed by atoms with Crippen molar-refractivity contribution in [2.45, 2.75) is 9.79 Å². The second-order valence-corrected chi connectivity index (χ2v) is 13.9. The number of rotatable bonds is 10. The minimum atomic E-state index is -5.07. The van der Waals surface area contributed by atoms with Gasteiger partial charge < -0.3 is 15.5 Å². The molecule has 0 aliphatic heterocycles. The summed E-state index contributed by atoms with van der Waals surface area (Å²) in [6, 6.07) is 16.6. The predicted octanol–water partition coefficient (Wildman–Crippen LogP) is 6.23. The summed E-state index contributed by atoms with van der Waals surface area (Å²) in [6.07, 6.45) is 0. The lowest BCUT2D eigenvalue weighted by molar-refractivity contribution is -0.114. The van der Waals surface area contributed by atoms with Gasteiger partial charge in [-0.25, -0.2) is 0 Å². The number of azo groups is 1. The molecule has 0 aliphatic rings. The molecule has 0 bridgehead atoms. The van der Waals surface area contributed by atoms with Crippen LogP contribution in [0.5, 0.6) is 0 Å². The van der Waals surface area contributed by atoms with Crippen molar-refractivity contribution >= 4 is 116 Å². The fourth-order valence-electron chi connectivity index (χ4n) is 4.54. The predicted molar refractivity (Wildman–Crippen MR) is 189 cm³/mol. The van der Waals surface area contributed by atoms with Gasteiger partial charge in [-0.3, -0.25) is 18.7 Å². The van der Waals surface area contributed by atoms with Gasteiger partial charge in [0, 0.05) is 36.4 Å². The summed E-state index contributed by atoms with van der Waals surface area (Å²) in [4.78, 5) is 24.7. The van der Waals surface area contributed by atoms with Crippen molar-refractivity contribution in [1.29, 1.82) is 0 Å². The molecule has 2 amide bonds. The Labute approximate surface area is 286 Å². The molecule has 0 unspecified atom stereocenters. The highest BCUT2D eigenvalue weighted by molar-refractivity contribution is 14.1. The molecular weight excluding hydrogens is 852 g/mol. The lowest BCUT2D eigenvalue weighted by Gasteiger charge is -2.21. The number of benzene rings is 4. The van der Waals surface area contributed by atoms with E-state index in [2.05, 4.69) is 20.9 Å². The molecule has 17 heteroatoms. The van der Waals surface area contributed by atoms with Crippen LogP contribution in [-0.4, -0.2) is 60.7 Å². The van der Waals surface area contributed by atoms with Crippen LogP contribution in [0.3, 0.4) is 0 Å². The SMILES string of the molecule is CN(C)c1ccc(-c2c(NC(=O)CI)ccc(N=Nc3ccc(NC(=O)CI)cc3S(=O)(=O)O)c2S(=O)(=O)O)c2ccccc12. The topological polar surface area (TPSA) is 195 Å². The standard InChI is InChI=1S/C28H25I2N5O8S2/c1-35(2)23-12-8-19(17-5-3-4-6-18(17)23)27-21(32-26(37)15-30)10-11-22(28(27)45(41,42)43)34-33-20-9-7-16(31-25(36)14-29)13-24(20)44(38,39)40/h3-13H,14-15H2,1-2H3,(H,31,36)(H,32,37)(H,38,39,40)(H,41,42,43). The molecule has 0 saturated heterocycles. The van der Waals surface area contributed by atoms with Gasteiger partial charge in [0.15, 0.2) is 0 Å². The minimum Gasteiger partial charge on any atom is -0.377 e. The first-order chi connectivity index (χ1) is 21.1. The first kappa shape index (κ1) is 34.6. The van der Waals surface area contributed by atoms with Crippen LogP contribution in [0.1, 0.15) is 0 Å². The van der Waals surface area contributed by atoms with Gasteiger partial charge in [-0.2, -0.15) is 16.8 Å². The summed E-state index contributed by atoms with van der Waals surface area (Å²) in [6.45, 7) is 0. The molecule has 13 nitrogen and oxygen atoms in total. The average molecular weight is 877 g/mol. The van der Waals surface area contributed by atoms with Crippen molar-refractivity contribution in [2.24, 2.45) is 10.2 Å². The maximum Gasteiger partial charge on any atom is 0.297 e. The Bertz CT molecular complexity index is 2070. The van der Waals surface area contributed by atoms with Gasteiger partial charge in [-0.05, 0) is 47.3 Å². The highest BCUT2D eigenvalue weighted by Crippen LogP contribution is 2.45. The zero-order valence-electron chi connectivity index (χ0n) is 23.5. The molecule has 4 aromatic carbocycles. The van der Waals surface area contributed by atoms with E-state index in [-0.39, 0.29) is 37.2 Å². The molecule has 45 heavy (non-hydrogen) atoms. The molecule has 0 fully saturated rings. The third-order valence-corrected chi connectivity index (χ3v) is 9.55. The molecule has 0 saturated carbocycles. The Kier molecular flexibility index (Phi) is 10.8. The van der Waals surface area contributed by atoms with Gasteiger partial charge in [0.05, 0.1) is 14.5 Å². The van der Waals surface area contributed by atoms with Crippen LogP contribution in [0.2, 0.25) is 0 Å². The summed E-state index contributed by atoms with van der Waals surface area (Å²) in [5.41, 5.74) is 0.471. The van der Waals surface area contributed by atoms with Crippen LogP contribution in [0, 0.1) is 0 Å². The van der Waals surface area contributed by atoms with Crippen molar-refractivity contribution in [1.82, 2.24) is 0 Å². The van der Waals surface area contributed by atoms with Crippen molar-refractivity contribution in [2.75, 3.05) is 38.5 Å². The van der Waals surface area contributed by atoms with Crippen LogP contribution in [0.15, 0.2) is 86.7 Å². The van der Waals surface area contributed by atoms with Crippen molar-refractivity contribution in [3.63, 3.8) is 0 Å². The number of carbonyl (C=O) groups is 2. The normalized spacial score (nSPS) is 12.0. The number of amides is 2. The van der Waals surface area contributed by atoms with E-state index in [1.807, 2.05) is 76.3 Å². The number of nitrogens with zero attached hydrogens (tertiary/aromatic N) is 3. The molecular formula is C28H25I2N5O8S2. The zero-order valence-corrected chi connectivity index (χ0v) is 29.5. The molecule has 0 radical (unpaired) electrons. The smallest absolute Gasteiger partial charge is 0.297 e. The third kappa shape index (κ3) is 7.95. The Morgan fingerprint density at radius 2 is 1.38 bits per heavy atom. The van der Waals surface area contributed by atoms with Crippen molar-refractivity contribution in [3.05, 3.63) is 66.7 Å². The summed E-state index contributed by atoms with van der Waals surface area (Å²) < 4.78 is 70.9. The molecule has 0 heterocycles. The minimum absolute atomic E-state index is 0.0485. The van der Waals surface area contributed by atoms with Crippen LogP contribution < -0.4 is 15.5 Å². The number of halogens is 2. The molecule has 0 aromatic heterocycles. The summed E-state index contributed by atoms with van der Waals surface area (Å²) in [7, 11) is -6.25. The third-order valence-electron chi connectivity index (χ3n) is 6.35. The summed E-state index contributed by atoms with van der Waals surface area (Å²) in [5, 5.41) is 14.4. The van der Waals surface area contributed by atoms with Gasteiger partial charge in [-0.1, -0.05) is 75.5 Å². The van der Waals surface area contributed by atoms with Crippen LogP contribution >= 0.6 is 45.2 Å². The van der Waals surface area contributed by atoms with E-state index in [1.165, 1.54) is 18.2 Å². The van der Waals surface area contributed by atoms with Crippen LogP contribution in [-0.2, 0) is 29.8 Å². The second kappa shape index (κ2) is 14.0. The first-order valence-corrected chi connectivity index (χ1v) is 18.7. The summed E-state index contributed by atoms with van der Waals surface area (Å²) >= 11 is 3.67. The van der Waals surface area contributed by atoms with Crippen LogP contribution in [0.25, 0.3) is 21.9 Å². The molecule has 4 rings (SSSR count). The van der Waals surface area contributed by atoms with Crippen LogP contribution in [0.4, 0.5) is 28.4 Å². The Morgan fingerprint density at radius 1 is 0.778 bits per heavy atom. The van der Waals surface area contributed by atoms with Gasteiger partial charge in [0.2, 0.25) is 11.8 Å². The second-order valence-electron chi connectivity index (χ2n) is 9.60. The fourth-order valence-corrected chi connectivity index (χ4v) is 6.42. The number of fused-ring (bicyclic) bond motifs is 1. The maximum absolute atomic E-state index is 13.0. The Hall–Kier alpha value is -3.24. The number of anilines is 3. The van der Waals surface area contributed by atoms with Gasteiger partial charge in [0.25, 0.3) is 20.2 Å². The first-order valence-electron chi connectivity index (χ1n) is 12.7.